The Hall–Kier alpha value is -1.55. The third kappa shape index (κ3) is 3.73. The summed E-state index contributed by atoms with van der Waals surface area (Å²) in [6.07, 6.45) is -0.125. The Balaban J connectivity index is 2.07. The summed E-state index contributed by atoms with van der Waals surface area (Å²) in [5, 5.41) is 10.2. The normalized spacial score (nSPS) is 23.5. The number of hydrogen-bond donors (Lipinski definition) is 1. The number of benzene rings is 1. The van der Waals surface area contributed by atoms with Crippen LogP contribution >= 0.6 is 0 Å². The average molecular weight is 277 g/mol. The summed E-state index contributed by atoms with van der Waals surface area (Å²) in [5.41, 5.74) is 0.573. The van der Waals surface area contributed by atoms with Gasteiger partial charge in [0.1, 0.15) is 5.60 Å². The highest BCUT2D eigenvalue weighted by Crippen LogP contribution is 2.28. The standard InChI is InChI=1S/C16H23NO3/c1-16(2,3)20-15(19)17-10-9-14(18)13(11-17)12-7-5-4-6-8-12/h4-8,13-14,18H,9-11H2,1-3H3/t13-,14-/m1/s1. The van der Waals surface area contributed by atoms with Crippen LogP contribution in [0.4, 0.5) is 4.79 Å². The number of nitrogens with zero attached hydrogens (tertiary/aromatic N) is 1. The molecule has 1 heterocycles. The van der Waals surface area contributed by atoms with Crippen LogP contribution in [-0.4, -0.2) is 40.9 Å². The Morgan fingerprint density at radius 1 is 1.30 bits per heavy atom. The topological polar surface area (TPSA) is 49.8 Å². The number of rotatable bonds is 1. The summed E-state index contributed by atoms with van der Waals surface area (Å²) in [7, 11) is 0. The Morgan fingerprint density at radius 2 is 1.95 bits per heavy atom. The zero-order valence-electron chi connectivity index (χ0n) is 12.4. The molecule has 2 atom stereocenters. The predicted molar refractivity (Wildman–Crippen MR) is 77.6 cm³/mol. The second-order valence-electron chi connectivity index (χ2n) is 6.30. The van der Waals surface area contributed by atoms with Crippen LogP contribution in [0.2, 0.25) is 0 Å². The van der Waals surface area contributed by atoms with Gasteiger partial charge in [0.25, 0.3) is 0 Å². The van der Waals surface area contributed by atoms with Crippen molar-refractivity contribution < 1.29 is 14.6 Å². The molecule has 0 radical (unpaired) electrons. The van der Waals surface area contributed by atoms with Crippen molar-refractivity contribution in [3.8, 4) is 0 Å². The van der Waals surface area contributed by atoms with Crippen molar-refractivity contribution in [2.24, 2.45) is 0 Å². The van der Waals surface area contributed by atoms with Crippen LogP contribution in [-0.2, 0) is 4.74 Å². The largest absolute Gasteiger partial charge is 0.444 e. The molecule has 4 heteroatoms. The number of amides is 1. The first-order valence-electron chi connectivity index (χ1n) is 7.08. The molecule has 110 valence electrons. The Morgan fingerprint density at radius 3 is 2.55 bits per heavy atom. The molecule has 1 amide bonds. The lowest BCUT2D eigenvalue weighted by Crippen LogP contribution is -2.46. The number of aliphatic hydroxyl groups is 1. The van der Waals surface area contributed by atoms with Crippen molar-refractivity contribution in [2.45, 2.75) is 44.8 Å². The molecule has 1 aromatic rings. The van der Waals surface area contributed by atoms with Gasteiger partial charge in [0, 0.05) is 19.0 Å². The van der Waals surface area contributed by atoms with Crippen molar-refractivity contribution in [1.29, 1.82) is 0 Å². The number of likely N-dealkylation sites (tertiary alicyclic amines) is 1. The average Bonchev–Trinajstić information content (AvgIpc) is 2.38. The van der Waals surface area contributed by atoms with E-state index in [0.717, 1.165) is 5.56 Å². The van der Waals surface area contributed by atoms with E-state index in [1.54, 1.807) is 4.90 Å². The molecule has 0 aliphatic carbocycles. The second kappa shape index (κ2) is 5.83. The van der Waals surface area contributed by atoms with Gasteiger partial charge in [0.2, 0.25) is 0 Å². The van der Waals surface area contributed by atoms with E-state index in [4.69, 9.17) is 4.74 Å². The number of carbonyl (C=O) groups is 1. The molecule has 1 fully saturated rings. The van der Waals surface area contributed by atoms with E-state index in [1.165, 1.54) is 0 Å². The van der Waals surface area contributed by atoms with Gasteiger partial charge in [-0.05, 0) is 32.8 Å². The summed E-state index contributed by atoms with van der Waals surface area (Å²) in [4.78, 5) is 13.8. The fourth-order valence-electron chi connectivity index (χ4n) is 2.46. The highest BCUT2D eigenvalue weighted by Gasteiger charge is 2.33. The van der Waals surface area contributed by atoms with Gasteiger partial charge in [-0.25, -0.2) is 4.79 Å². The van der Waals surface area contributed by atoms with E-state index in [2.05, 4.69) is 0 Å². The summed E-state index contributed by atoms with van der Waals surface area (Å²) in [6, 6.07) is 9.84. The number of ether oxygens (including phenoxy) is 1. The molecule has 0 saturated carbocycles. The number of piperidine rings is 1. The molecular formula is C16H23NO3. The molecule has 1 aliphatic rings. The molecular weight excluding hydrogens is 254 g/mol. The highest BCUT2D eigenvalue weighted by atomic mass is 16.6. The summed E-state index contributed by atoms with van der Waals surface area (Å²) < 4.78 is 5.40. The maximum atomic E-state index is 12.1. The van der Waals surface area contributed by atoms with Crippen molar-refractivity contribution >= 4 is 6.09 Å². The zero-order chi connectivity index (χ0) is 14.8. The third-order valence-electron chi connectivity index (χ3n) is 3.46. The molecule has 4 nitrogen and oxygen atoms in total. The van der Waals surface area contributed by atoms with Crippen LogP contribution in [0, 0.1) is 0 Å². The van der Waals surface area contributed by atoms with Crippen LogP contribution in [0.25, 0.3) is 0 Å². The predicted octanol–water partition coefficient (Wildman–Crippen LogP) is 2.77. The molecule has 2 rings (SSSR count). The number of carbonyl (C=O) groups excluding carboxylic acids is 1. The van der Waals surface area contributed by atoms with Gasteiger partial charge in [-0.2, -0.15) is 0 Å². The maximum Gasteiger partial charge on any atom is 0.410 e. The SMILES string of the molecule is CC(C)(C)OC(=O)N1CC[C@@H](O)[C@@H](c2ccccc2)C1. The van der Waals surface area contributed by atoms with Gasteiger partial charge in [0.05, 0.1) is 6.10 Å². The molecule has 1 aromatic carbocycles. The van der Waals surface area contributed by atoms with Gasteiger partial charge in [-0.1, -0.05) is 30.3 Å². The first-order valence-corrected chi connectivity index (χ1v) is 7.08. The smallest absolute Gasteiger partial charge is 0.410 e. The lowest BCUT2D eigenvalue weighted by atomic mass is 9.88. The highest BCUT2D eigenvalue weighted by molar-refractivity contribution is 5.68. The van der Waals surface area contributed by atoms with Gasteiger partial charge in [-0.15, -0.1) is 0 Å². The fourth-order valence-corrected chi connectivity index (χ4v) is 2.46. The number of aliphatic hydroxyl groups excluding tert-OH is 1. The Kier molecular flexibility index (Phi) is 4.33. The van der Waals surface area contributed by atoms with Crippen molar-refractivity contribution in [3.05, 3.63) is 35.9 Å². The van der Waals surface area contributed by atoms with Crippen LogP contribution in [0.15, 0.2) is 30.3 Å². The van der Waals surface area contributed by atoms with Crippen LogP contribution in [0.3, 0.4) is 0 Å². The molecule has 1 saturated heterocycles. The minimum atomic E-state index is -0.491. The summed E-state index contributed by atoms with van der Waals surface area (Å²) in [5.74, 6) is -0.0440. The summed E-state index contributed by atoms with van der Waals surface area (Å²) in [6.45, 7) is 6.62. The van der Waals surface area contributed by atoms with Crippen LogP contribution in [0.1, 0.15) is 38.7 Å². The van der Waals surface area contributed by atoms with Gasteiger partial charge >= 0.3 is 6.09 Å². The first-order chi connectivity index (χ1) is 9.37. The zero-order valence-corrected chi connectivity index (χ0v) is 12.4. The summed E-state index contributed by atoms with van der Waals surface area (Å²) >= 11 is 0. The van der Waals surface area contributed by atoms with Gasteiger partial charge in [0.15, 0.2) is 0 Å². The van der Waals surface area contributed by atoms with E-state index in [0.29, 0.717) is 19.5 Å². The number of hydrogen-bond acceptors (Lipinski definition) is 3. The van der Waals surface area contributed by atoms with Crippen molar-refractivity contribution in [3.63, 3.8) is 0 Å². The molecule has 1 aliphatic heterocycles. The van der Waals surface area contributed by atoms with E-state index >= 15 is 0 Å². The first kappa shape index (κ1) is 14.9. The lowest BCUT2D eigenvalue weighted by molar-refractivity contribution is 0.00407. The quantitative estimate of drug-likeness (QED) is 0.858. The van der Waals surface area contributed by atoms with Crippen LogP contribution in [0.5, 0.6) is 0 Å². The molecule has 1 N–H and O–H groups in total. The molecule has 0 spiro atoms. The van der Waals surface area contributed by atoms with Crippen molar-refractivity contribution in [1.82, 2.24) is 4.90 Å². The third-order valence-corrected chi connectivity index (χ3v) is 3.46. The Labute approximate surface area is 120 Å². The Bertz CT molecular complexity index is 453. The van der Waals surface area contributed by atoms with Crippen LogP contribution < -0.4 is 0 Å². The molecule has 0 aromatic heterocycles. The van der Waals surface area contributed by atoms with Gasteiger partial charge in [-0.3, -0.25) is 0 Å². The minimum Gasteiger partial charge on any atom is -0.444 e. The van der Waals surface area contributed by atoms with E-state index in [-0.39, 0.29) is 12.0 Å². The van der Waals surface area contributed by atoms with E-state index < -0.39 is 11.7 Å². The fraction of sp³-hybridized carbons (Fsp3) is 0.562. The molecule has 0 unspecified atom stereocenters. The monoisotopic (exact) mass is 277 g/mol. The molecule has 20 heavy (non-hydrogen) atoms. The van der Waals surface area contributed by atoms with E-state index in [9.17, 15) is 9.90 Å². The minimum absolute atomic E-state index is 0.0440. The maximum absolute atomic E-state index is 12.1. The lowest BCUT2D eigenvalue weighted by Gasteiger charge is -2.37. The van der Waals surface area contributed by atoms with Gasteiger partial charge < -0.3 is 14.7 Å². The van der Waals surface area contributed by atoms with E-state index in [1.807, 2.05) is 51.1 Å². The van der Waals surface area contributed by atoms with Crippen molar-refractivity contribution in [2.75, 3.05) is 13.1 Å². The second-order valence-corrected chi connectivity index (χ2v) is 6.30. The molecule has 0 bridgehead atoms.